The number of hydrogen-bond donors (Lipinski definition) is 2. The summed E-state index contributed by atoms with van der Waals surface area (Å²) in [5, 5.41) is 0. The minimum atomic E-state index is 0.216. The van der Waals surface area contributed by atoms with Crippen molar-refractivity contribution in [3.8, 4) is 5.75 Å². The molecule has 0 heterocycles. The number of rotatable bonds is 6. The minimum Gasteiger partial charge on any atom is -0.491 e. The molecule has 21 heavy (non-hydrogen) atoms. The van der Waals surface area contributed by atoms with Gasteiger partial charge in [0.2, 0.25) is 0 Å². The maximum atomic E-state index is 5.82. The maximum Gasteiger partial charge on any atom is 0.119 e. The van der Waals surface area contributed by atoms with Crippen LogP contribution >= 0.6 is 0 Å². The van der Waals surface area contributed by atoms with Crippen LogP contribution in [0.15, 0.2) is 24.3 Å². The predicted octanol–water partition coefficient (Wildman–Crippen LogP) is 3.80. The fraction of sp³-hybridized carbons (Fsp3) is 0.667. The van der Waals surface area contributed by atoms with Crippen LogP contribution in [-0.2, 0) is 0 Å². The Hall–Kier alpha value is -1.06. The predicted molar refractivity (Wildman–Crippen MR) is 85.8 cm³/mol. The van der Waals surface area contributed by atoms with Gasteiger partial charge in [0.15, 0.2) is 0 Å². The molecule has 0 saturated heterocycles. The SMILES string of the molecule is CC(C)Oc1ccc(C(CC2CC3CCC2C3)NN)cc1. The van der Waals surface area contributed by atoms with Crippen LogP contribution in [-0.4, -0.2) is 6.10 Å². The monoisotopic (exact) mass is 288 g/mol. The number of fused-ring (bicyclic) bond motifs is 2. The van der Waals surface area contributed by atoms with E-state index in [9.17, 15) is 0 Å². The average molecular weight is 288 g/mol. The van der Waals surface area contributed by atoms with Gasteiger partial charge in [-0.2, -0.15) is 0 Å². The summed E-state index contributed by atoms with van der Waals surface area (Å²) in [5.41, 5.74) is 4.30. The molecular formula is C18H28N2O. The molecule has 1 aromatic rings. The van der Waals surface area contributed by atoms with E-state index in [1.165, 1.54) is 37.7 Å². The molecule has 3 N–H and O–H groups in total. The number of benzene rings is 1. The lowest BCUT2D eigenvalue weighted by Crippen LogP contribution is -2.30. The number of nitrogens with one attached hydrogen (secondary N) is 1. The molecule has 2 bridgehead atoms. The van der Waals surface area contributed by atoms with E-state index in [1.54, 1.807) is 0 Å². The first-order valence-electron chi connectivity index (χ1n) is 8.38. The topological polar surface area (TPSA) is 47.3 Å². The molecule has 1 aromatic carbocycles. The molecule has 4 unspecified atom stereocenters. The molecule has 0 aliphatic heterocycles. The molecule has 2 aliphatic carbocycles. The summed E-state index contributed by atoms with van der Waals surface area (Å²) >= 11 is 0. The Morgan fingerprint density at radius 2 is 1.95 bits per heavy atom. The molecule has 0 amide bonds. The first-order valence-corrected chi connectivity index (χ1v) is 8.38. The second-order valence-corrected chi connectivity index (χ2v) is 7.13. The Bertz CT molecular complexity index is 457. The van der Waals surface area contributed by atoms with Crippen LogP contribution in [0.3, 0.4) is 0 Å². The van der Waals surface area contributed by atoms with E-state index in [0.29, 0.717) is 0 Å². The van der Waals surface area contributed by atoms with Gasteiger partial charge in [-0.05, 0) is 75.0 Å². The van der Waals surface area contributed by atoms with Crippen molar-refractivity contribution in [2.45, 2.75) is 58.1 Å². The molecule has 2 saturated carbocycles. The second-order valence-electron chi connectivity index (χ2n) is 7.13. The minimum absolute atomic E-state index is 0.216. The summed E-state index contributed by atoms with van der Waals surface area (Å²) in [4.78, 5) is 0. The summed E-state index contributed by atoms with van der Waals surface area (Å²) < 4.78 is 5.70. The summed E-state index contributed by atoms with van der Waals surface area (Å²) in [6.45, 7) is 4.10. The highest BCUT2D eigenvalue weighted by Gasteiger charge is 2.40. The third-order valence-corrected chi connectivity index (χ3v) is 5.28. The van der Waals surface area contributed by atoms with Crippen molar-refractivity contribution in [1.29, 1.82) is 0 Å². The van der Waals surface area contributed by atoms with Crippen LogP contribution in [0.5, 0.6) is 5.75 Å². The number of hydrazine groups is 1. The van der Waals surface area contributed by atoms with Crippen LogP contribution in [0.2, 0.25) is 0 Å². The molecular weight excluding hydrogens is 260 g/mol. The zero-order valence-corrected chi connectivity index (χ0v) is 13.2. The fourth-order valence-electron chi connectivity index (χ4n) is 4.32. The highest BCUT2D eigenvalue weighted by atomic mass is 16.5. The Labute approximate surface area is 128 Å². The van der Waals surface area contributed by atoms with Gasteiger partial charge < -0.3 is 4.74 Å². The Kier molecular flexibility index (Phi) is 4.51. The van der Waals surface area contributed by atoms with Crippen molar-refractivity contribution in [3.05, 3.63) is 29.8 Å². The van der Waals surface area contributed by atoms with Gasteiger partial charge in [0.1, 0.15) is 5.75 Å². The van der Waals surface area contributed by atoms with Gasteiger partial charge in [-0.15, -0.1) is 0 Å². The Morgan fingerprint density at radius 1 is 1.19 bits per heavy atom. The van der Waals surface area contributed by atoms with Crippen LogP contribution in [0.25, 0.3) is 0 Å². The van der Waals surface area contributed by atoms with Crippen LogP contribution in [0.1, 0.15) is 57.6 Å². The van der Waals surface area contributed by atoms with E-state index < -0.39 is 0 Å². The van der Waals surface area contributed by atoms with Gasteiger partial charge in [-0.3, -0.25) is 11.3 Å². The summed E-state index contributed by atoms with van der Waals surface area (Å²) in [5.74, 6) is 9.56. The van der Waals surface area contributed by atoms with E-state index in [4.69, 9.17) is 10.6 Å². The van der Waals surface area contributed by atoms with Crippen molar-refractivity contribution in [1.82, 2.24) is 5.43 Å². The quantitative estimate of drug-likeness (QED) is 0.618. The third kappa shape index (κ3) is 3.41. The smallest absolute Gasteiger partial charge is 0.119 e. The van der Waals surface area contributed by atoms with E-state index >= 15 is 0 Å². The van der Waals surface area contributed by atoms with Crippen LogP contribution in [0.4, 0.5) is 0 Å². The lowest BCUT2D eigenvalue weighted by atomic mass is 9.83. The second kappa shape index (κ2) is 6.37. The maximum absolute atomic E-state index is 5.82. The summed E-state index contributed by atoms with van der Waals surface area (Å²) in [6.07, 6.45) is 7.16. The van der Waals surface area contributed by atoms with Crippen molar-refractivity contribution in [2.75, 3.05) is 0 Å². The molecule has 2 aliphatic rings. The van der Waals surface area contributed by atoms with Crippen molar-refractivity contribution >= 4 is 0 Å². The number of nitrogens with two attached hydrogens (primary N) is 1. The number of ether oxygens (including phenoxy) is 1. The first kappa shape index (κ1) is 14.9. The Balaban J connectivity index is 1.63. The average Bonchev–Trinajstić information content (AvgIpc) is 3.07. The van der Waals surface area contributed by atoms with Crippen LogP contribution in [0, 0.1) is 17.8 Å². The van der Waals surface area contributed by atoms with E-state index in [0.717, 1.165) is 23.5 Å². The van der Waals surface area contributed by atoms with Gasteiger partial charge >= 0.3 is 0 Å². The van der Waals surface area contributed by atoms with Crippen molar-refractivity contribution in [3.63, 3.8) is 0 Å². The molecule has 3 heteroatoms. The zero-order valence-electron chi connectivity index (χ0n) is 13.2. The molecule has 0 aromatic heterocycles. The molecule has 3 rings (SSSR count). The lowest BCUT2D eigenvalue weighted by molar-refractivity contribution is 0.242. The fourth-order valence-corrected chi connectivity index (χ4v) is 4.32. The van der Waals surface area contributed by atoms with Gasteiger partial charge in [0, 0.05) is 6.04 Å². The molecule has 0 radical (unpaired) electrons. The molecule has 0 spiro atoms. The highest BCUT2D eigenvalue weighted by molar-refractivity contribution is 5.29. The standard InChI is InChI=1S/C18H28N2O/c1-12(2)21-17-7-5-14(6-8-17)18(20-19)11-16-10-13-3-4-15(16)9-13/h5-8,12-13,15-16,18,20H,3-4,9-11,19H2,1-2H3. The third-order valence-electron chi connectivity index (χ3n) is 5.28. The van der Waals surface area contributed by atoms with Gasteiger partial charge in [-0.1, -0.05) is 18.6 Å². The summed E-state index contributed by atoms with van der Waals surface area (Å²) in [7, 11) is 0. The van der Waals surface area contributed by atoms with Gasteiger partial charge in [0.05, 0.1) is 6.10 Å². The van der Waals surface area contributed by atoms with Crippen molar-refractivity contribution in [2.24, 2.45) is 23.6 Å². The Morgan fingerprint density at radius 3 is 2.48 bits per heavy atom. The molecule has 3 nitrogen and oxygen atoms in total. The molecule has 4 atom stereocenters. The van der Waals surface area contributed by atoms with Gasteiger partial charge in [-0.25, -0.2) is 0 Å². The van der Waals surface area contributed by atoms with E-state index in [2.05, 4.69) is 29.7 Å². The van der Waals surface area contributed by atoms with E-state index in [1.807, 2.05) is 13.8 Å². The van der Waals surface area contributed by atoms with Crippen molar-refractivity contribution < 1.29 is 4.74 Å². The highest BCUT2D eigenvalue weighted by Crippen LogP contribution is 2.50. The summed E-state index contributed by atoms with van der Waals surface area (Å²) in [6, 6.07) is 8.67. The normalized spacial score (nSPS) is 29.0. The van der Waals surface area contributed by atoms with Crippen LogP contribution < -0.4 is 16.0 Å². The largest absolute Gasteiger partial charge is 0.491 e. The first-order chi connectivity index (χ1) is 10.2. The molecule has 2 fully saturated rings. The van der Waals surface area contributed by atoms with E-state index in [-0.39, 0.29) is 12.1 Å². The zero-order chi connectivity index (χ0) is 14.8. The van der Waals surface area contributed by atoms with Gasteiger partial charge in [0.25, 0.3) is 0 Å². The molecule has 116 valence electrons. The number of hydrogen-bond acceptors (Lipinski definition) is 3. The lowest BCUT2D eigenvalue weighted by Gasteiger charge is -2.26.